The van der Waals surface area contributed by atoms with E-state index >= 15 is 0 Å². The minimum absolute atomic E-state index is 1.29. The molecule has 2 heterocycles. The Labute approximate surface area is 49.4 Å². The molecule has 0 saturated carbocycles. The molecule has 0 spiro atoms. The van der Waals surface area contributed by atoms with Crippen LogP contribution in [-0.4, -0.2) is 41.5 Å². The van der Waals surface area contributed by atoms with Crippen molar-refractivity contribution >= 4 is 5.84 Å². The molecule has 2 aliphatic rings. The summed E-state index contributed by atoms with van der Waals surface area (Å²) >= 11 is 0. The summed E-state index contributed by atoms with van der Waals surface area (Å²) in [7, 11) is 0. The highest BCUT2D eigenvalue weighted by Crippen LogP contribution is 2.07. The highest BCUT2D eigenvalue weighted by atomic mass is 15.4. The minimum atomic E-state index is 1.29. The van der Waals surface area contributed by atoms with E-state index in [9.17, 15) is 0 Å². The van der Waals surface area contributed by atoms with Crippen LogP contribution in [0.1, 0.15) is 6.92 Å². The van der Waals surface area contributed by atoms with E-state index in [0.717, 1.165) is 0 Å². The second-order valence-corrected chi connectivity index (χ2v) is 2.52. The third-order valence-electron chi connectivity index (χ3n) is 1.81. The first kappa shape index (κ1) is 4.36. The van der Waals surface area contributed by atoms with Gasteiger partial charge in [0.15, 0.2) is 0 Å². The molecule has 8 heavy (non-hydrogen) atoms. The largest absolute Gasteiger partial charge is 0.258 e. The molecule has 0 aromatic heterocycles. The molecule has 0 radical (unpaired) electrons. The van der Waals surface area contributed by atoms with Crippen molar-refractivity contribution in [2.75, 3.05) is 26.2 Å². The highest BCUT2D eigenvalue weighted by Gasteiger charge is 2.33. The van der Waals surface area contributed by atoms with Crippen LogP contribution in [0.5, 0.6) is 0 Å². The van der Waals surface area contributed by atoms with Gasteiger partial charge in [-0.15, -0.1) is 0 Å². The molecule has 0 bridgehead atoms. The second-order valence-electron chi connectivity index (χ2n) is 2.52. The zero-order valence-electron chi connectivity index (χ0n) is 5.22. The van der Waals surface area contributed by atoms with Gasteiger partial charge in [-0.05, 0) is 0 Å². The Morgan fingerprint density at radius 1 is 1.38 bits per heavy atom. The van der Waals surface area contributed by atoms with Crippen molar-refractivity contribution in [1.29, 1.82) is 0 Å². The van der Waals surface area contributed by atoms with E-state index in [1.807, 2.05) is 0 Å². The van der Waals surface area contributed by atoms with E-state index < -0.39 is 0 Å². The summed E-state index contributed by atoms with van der Waals surface area (Å²) in [6.45, 7) is 7.38. The first-order valence-electron chi connectivity index (χ1n) is 3.21. The molecule has 0 N–H and O–H groups in total. The van der Waals surface area contributed by atoms with Crippen LogP contribution in [0.3, 0.4) is 0 Å². The van der Waals surface area contributed by atoms with Crippen molar-refractivity contribution in [3.05, 3.63) is 0 Å². The lowest BCUT2D eigenvalue weighted by Gasteiger charge is -1.87. The predicted octanol–water partition coefficient (Wildman–Crippen LogP) is -0.254. The fourth-order valence-electron chi connectivity index (χ4n) is 0.947. The van der Waals surface area contributed by atoms with E-state index in [1.54, 1.807) is 0 Å². The molecule has 44 valence electrons. The van der Waals surface area contributed by atoms with Gasteiger partial charge in [-0.1, -0.05) is 0 Å². The molecule has 0 aromatic carbocycles. The first-order chi connectivity index (χ1) is 3.88. The second kappa shape index (κ2) is 1.24. The fraction of sp³-hybridized carbons (Fsp3) is 0.833. The Hall–Kier alpha value is -0.530. The lowest BCUT2D eigenvalue weighted by atomic mass is 10.7. The molecule has 2 saturated heterocycles. The summed E-state index contributed by atoms with van der Waals surface area (Å²) in [5.41, 5.74) is 0. The normalized spacial score (nSPS) is 23.6. The molecule has 0 unspecified atom stereocenters. The van der Waals surface area contributed by atoms with Gasteiger partial charge in [0.05, 0.1) is 0 Å². The van der Waals surface area contributed by atoms with Crippen molar-refractivity contribution < 1.29 is 4.58 Å². The molecule has 0 amide bonds. The van der Waals surface area contributed by atoms with E-state index in [1.165, 1.54) is 32.0 Å². The monoisotopic (exact) mass is 111 g/mol. The molecule has 2 fully saturated rings. The average Bonchev–Trinajstić information content (AvgIpc) is 2.63. The first-order valence-corrected chi connectivity index (χ1v) is 3.21. The molecular formula is C6H11N2+. The number of hydrogen-bond donors (Lipinski definition) is 0. The van der Waals surface area contributed by atoms with Crippen LogP contribution < -0.4 is 0 Å². The van der Waals surface area contributed by atoms with E-state index in [-0.39, 0.29) is 0 Å². The molecule has 0 atom stereocenters. The van der Waals surface area contributed by atoms with Gasteiger partial charge in [0.25, 0.3) is 0 Å². The van der Waals surface area contributed by atoms with Gasteiger partial charge in [-0.25, -0.2) is 0 Å². The third kappa shape index (κ3) is 0.602. The lowest BCUT2D eigenvalue weighted by Crippen LogP contribution is -2.10. The molecule has 0 aromatic rings. The summed E-state index contributed by atoms with van der Waals surface area (Å²) < 4.78 is 2.40. The van der Waals surface area contributed by atoms with Crippen LogP contribution in [-0.2, 0) is 0 Å². The topological polar surface area (TPSA) is 6.02 Å². The van der Waals surface area contributed by atoms with Gasteiger partial charge in [-0.3, -0.25) is 9.48 Å². The smallest absolute Gasteiger partial charge is 0.244 e. The summed E-state index contributed by atoms with van der Waals surface area (Å²) in [5, 5.41) is 0. The van der Waals surface area contributed by atoms with Gasteiger partial charge >= 0.3 is 0 Å². The lowest BCUT2D eigenvalue weighted by molar-refractivity contribution is -0.341. The maximum atomic E-state index is 2.40. The summed E-state index contributed by atoms with van der Waals surface area (Å²) in [4.78, 5) is 2.40. The van der Waals surface area contributed by atoms with Gasteiger partial charge in [0, 0.05) is 6.92 Å². The van der Waals surface area contributed by atoms with E-state index in [0.29, 0.717) is 0 Å². The quantitative estimate of drug-likeness (QED) is 0.237. The van der Waals surface area contributed by atoms with E-state index in [4.69, 9.17) is 0 Å². The van der Waals surface area contributed by atoms with Crippen LogP contribution in [0.15, 0.2) is 0 Å². The zero-order chi connectivity index (χ0) is 5.56. The molecule has 2 nitrogen and oxygen atoms in total. The zero-order valence-corrected chi connectivity index (χ0v) is 5.22. The average molecular weight is 111 g/mol. The molecule has 2 aliphatic heterocycles. The highest BCUT2D eigenvalue weighted by molar-refractivity contribution is 5.77. The van der Waals surface area contributed by atoms with Crippen molar-refractivity contribution in [2.45, 2.75) is 6.92 Å². The third-order valence-corrected chi connectivity index (χ3v) is 1.81. The number of nitrogens with zero attached hydrogens (tertiary/aromatic N) is 2. The summed E-state index contributed by atoms with van der Waals surface area (Å²) in [5.74, 6) is 1.49. The van der Waals surface area contributed by atoms with Gasteiger partial charge < -0.3 is 0 Å². The van der Waals surface area contributed by atoms with Crippen LogP contribution in [0.4, 0.5) is 0 Å². The predicted molar refractivity (Wildman–Crippen MR) is 32.2 cm³/mol. The van der Waals surface area contributed by atoms with Crippen LogP contribution in [0, 0.1) is 0 Å². The standard InChI is InChI=1S/C6H11N2/c1-6(7-2-3-7)8-4-5-8/h2-5H2,1H3/q+1. The molecule has 0 aliphatic carbocycles. The maximum Gasteiger partial charge on any atom is 0.244 e. The summed E-state index contributed by atoms with van der Waals surface area (Å²) in [6.07, 6.45) is 0. The Bertz CT molecular complexity index is 139. The van der Waals surface area contributed by atoms with Crippen molar-refractivity contribution in [3.8, 4) is 0 Å². The number of hydrogen-bond acceptors (Lipinski definition) is 0. The maximum absolute atomic E-state index is 2.40. The number of rotatable bonds is 0. The van der Waals surface area contributed by atoms with Gasteiger partial charge in [0.2, 0.25) is 5.84 Å². The van der Waals surface area contributed by atoms with Gasteiger partial charge in [-0.2, -0.15) is 0 Å². The van der Waals surface area contributed by atoms with Gasteiger partial charge in [0.1, 0.15) is 26.2 Å². The summed E-state index contributed by atoms with van der Waals surface area (Å²) in [6, 6.07) is 0. The minimum Gasteiger partial charge on any atom is -0.258 e. The Kier molecular flexibility index (Phi) is 0.678. The Balaban J connectivity index is 2.12. The van der Waals surface area contributed by atoms with E-state index in [2.05, 4.69) is 16.4 Å². The Morgan fingerprint density at radius 2 is 2.00 bits per heavy atom. The van der Waals surface area contributed by atoms with Crippen LogP contribution >= 0.6 is 0 Å². The fourth-order valence-corrected chi connectivity index (χ4v) is 0.947. The Morgan fingerprint density at radius 3 is 2.38 bits per heavy atom. The SMILES string of the molecule is CC(N1CC1)=[N+]1CC1. The molecule has 2 heteroatoms. The molecule has 2 rings (SSSR count). The van der Waals surface area contributed by atoms with Crippen molar-refractivity contribution in [2.24, 2.45) is 0 Å². The van der Waals surface area contributed by atoms with Crippen LogP contribution in [0.2, 0.25) is 0 Å². The van der Waals surface area contributed by atoms with Crippen LogP contribution in [0.25, 0.3) is 0 Å². The number of amidine groups is 1. The van der Waals surface area contributed by atoms with Crippen molar-refractivity contribution in [3.63, 3.8) is 0 Å². The van der Waals surface area contributed by atoms with Crippen molar-refractivity contribution in [1.82, 2.24) is 4.90 Å². The molecular weight excluding hydrogens is 100 g/mol.